The number of hydrogen-bond donors (Lipinski definition) is 5. The van der Waals surface area contributed by atoms with Gasteiger partial charge >= 0.3 is 0 Å². The van der Waals surface area contributed by atoms with E-state index in [9.17, 15) is 15.0 Å². The SMILES string of the molecule is CC(O)(CO)[C@@H](OCCO)n1cnc2c(=O)[nH]c(N)nc21. The molecule has 21 heavy (non-hydrogen) atoms. The molecular formula is C11H17N5O5. The fraction of sp³-hybridized carbons (Fsp3) is 0.545. The first-order chi connectivity index (χ1) is 9.90. The van der Waals surface area contributed by atoms with Crippen molar-refractivity contribution in [2.24, 2.45) is 0 Å². The third kappa shape index (κ3) is 2.88. The molecule has 0 aliphatic rings. The first kappa shape index (κ1) is 15.4. The van der Waals surface area contributed by atoms with Gasteiger partial charge in [-0.2, -0.15) is 4.98 Å². The maximum absolute atomic E-state index is 11.7. The van der Waals surface area contributed by atoms with Gasteiger partial charge in [0.1, 0.15) is 5.60 Å². The maximum atomic E-state index is 11.7. The Hall–Kier alpha value is -2.01. The van der Waals surface area contributed by atoms with Crippen LogP contribution in [0.5, 0.6) is 0 Å². The Morgan fingerprint density at radius 2 is 2.29 bits per heavy atom. The highest BCUT2D eigenvalue weighted by Gasteiger charge is 2.35. The number of imidazole rings is 1. The van der Waals surface area contributed by atoms with Crippen LogP contribution < -0.4 is 11.3 Å². The molecule has 10 heteroatoms. The number of anilines is 1. The van der Waals surface area contributed by atoms with Crippen LogP contribution in [0, 0.1) is 0 Å². The van der Waals surface area contributed by atoms with E-state index in [1.54, 1.807) is 0 Å². The van der Waals surface area contributed by atoms with Gasteiger partial charge in [0.25, 0.3) is 5.56 Å². The number of nitrogens with two attached hydrogens (primary N) is 1. The predicted molar refractivity (Wildman–Crippen MR) is 72.3 cm³/mol. The van der Waals surface area contributed by atoms with E-state index in [1.165, 1.54) is 17.8 Å². The number of aromatic amines is 1. The summed E-state index contributed by atoms with van der Waals surface area (Å²) in [5.74, 6) is -0.112. The van der Waals surface area contributed by atoms with E-state index >= 15 is 0 Å². The van der Waals surface area contributed by atoms with Gasteiger partial charge < -0.3 is 25.8 Å². The topological polar surface area (TPSA) is 160 Å². The minimum absolute atomic E-state index is 0.0236. The Kier molecular flexibility index (Phi) is 4.23. The number of aromatic nitrogens is 4. The summed E-state index contributed by atoms with van der Waals surface area (Å²) in [5.41, 5.74) is 3.42. The van der Waals surface area contributed by atoms with Gasteiger partial charge in [0.05, 0.1) is 26.1 Å². The Morgan fingerprint density at radius 1 is 1.57 bits per heavy atom. The van der Waals surface area contributed by atoms with E-state index in [0.29, 0.717) is 0 Å². The van der Waals surface area contributed by atoms with Crippen molar-refractivity contribution in [3.05, 3.63) is 16.7 Å². The Labute approximate surface area is 118 Å². The van der Waals surface area contributed by atoms with Crippen molar-refractivity contribution in [2.75, 3.05) is 25.6 Å². The normalized spacial score (nSPS) is 16.0. The van der Waals surface area contributed by atoms with Crippen LogP contribution in [0.4, 0.5) is 5.95 Å². The van der Waals surface area contributed by atoms with Gasteiger partial charge in [0.15, 0.2) is 17.4 Å². The van der Waals surface area contributed by atoms with Crippen LogP contribution in [0.25, 0.3) is 11.2 Å². The molecule has 2 atom stereocenters. The van der Waals surface area contributed by atoms with E-state index in [1.807, 2.05) is 0 Å². The second-order valence-electron chi connectivity index (χ2n) is 4.74. The molecule has 0 saturated carbocycles. The van der Waals surface area contributed by atoms with Crippen LogP contribution >= 0.6 is 0 Å². The number of H-pyrrole nitrogens is 1. The number of ether oxygens (including phenoxy) is 1. The monoisotopic (exact) mass is 299 g/mol. The Morgan fingerprint density at radius 3 is 2.90 bits per heavy atom. The number of aliphatic hydroxyl groups is 3. The predicted octanol–water partition coefficient (Wildman–Crippen LogP) is -2.05. The average molecular weight is 299 g/mol. The molecule has 0 aliphatic heterocycles. The van der Waals surface area contributed by atoms with Crippen LogP contribution in [-0.2, 0) is 4.74 Å². The second kappa shape index (κ2) is 5.77. The van der Waals surface area contributed by atoms with Crippen molar-refractivity contribution in [1.29, 1.82) is 0 Å². The first-order valence-electron chi connectivity index (χ1n) is 6.18. The van der Waals surface area contributed by atoms with Gasteiger partial charge in [-0.1, -0.05) is 0 Å². The van der Waals surface area contributed by atoms with E-state index < -0.39 is 24.0 Å². The molecule has 2 aromatic rings. The van der Waals surface area contributed by atoms with Crippen molar-refractivity contribution < 1.29 is 20.1 Å². The summed E-state index contributed by atoms with van der Waals surface area (Å²) < 4.78 is 6.63. The zero-order valence-electron chi connectivity index (χ0n) is 11.4. The van der Waals surface area contributed by atoms with E-state index in [2.05, 4.69) is 15.0 Å². The fourth-order valence-electron chi connectivity index (χ4n) is 1.92. The molecule has 0 spiro atoms. The molecule has 10 nitrogen and oxygen atoms in total. The lowest BCUT2D eigenvalue weighted by molar-refractivity contribution is -0.159. The van der Waals surface area contributed by atoms with Gasteiger partial charge in [-0.25, -0.2) is 4.98 Å². The molecule has 2 aromatic heterocycles. The van der Waals surface area contributed by atoms with E-state index in [-0.39, 0.29) is 30.3 Å². The highest BCUT2D eigenvalue weighted by atomic mass is 16.5. The highest BCUT2D eigenvalue weighted by Crippen LogP contribution is 2.26. The lowest BCUT2D eigenvalue weighted by Crippen LogP contribution is -2.42. The standard InChI is InChI=1S/C11H17N5O5/c1-11(20,4-18)9(21-3-2-17)16-5-13-6-7(16)14-10(12)15-8(6)19/h5,9,17-18,20H,2-4H2,1H3,(H3,12,14,15,19)/t9-,11?/m1/s1. The van der Waals surface area contributed by atoms with Crippen molar-refractivity contribution in [3.8, 4) is 0 Å². The molecule has 0 aliphatic carbocycles. The lowest BCUT2D eigenvalue weighted by atomic mass is 10.1. The summed E-state index contributed by atoms with van der Waals surface area (Å²) in [4.78, 5) is 21.9. The lowest BCUT2D eigenvalue weighted by Gasteiger charge is -2.31. The molecule has 0 radical (unpaired) electrons. The molecule has 0 fully saturated rings. The van der Waals surface area contributed by atoms with Gasteiger partial charge in [-0.15, -0.1) is 0 Å². The fourth-order valence-corrected chi connectivity index (χ4v) is 1.92. The van der Waals surface area contributed by atoms with Crippen molar-refractivity contribution in [3.63, 3.8) is 0 Å². The summed E-state index contributed by atoms with van der Waals surface area (Å²) in [6.07, 6.45) is 0.145. The van der Waals surface area contributed by atoms with Gasteiger partial charge in [0, 0.05) is 0 Å². The zero-order chi connectivity index (χ0) is 15.6. The summed E-state index contributed by atoms with van der Waals surface area (Å²) in [6.45, 7) is 0.374. The smallest absolute Gasteiger partial charge is 0.280 e. The van der Waals surface area contributed by atoms with Gasteiger partial charge in [0.2, 0.25) is 5.95 Å². The molecule has 1 unspecified atom stereocenters. The molecule has 116 valence electrons. The molecular weight excluding hydrogens is 282 g/mol. The van der Waals surface area contributed by atoms with Crippen molar-refractivity contribution in [2.45, 2.75) is 18.8 Å². The first-order valence-corrected chi connectivity index (χ1v) is 6.18. The molecule has 0 aromatic carbocycles. The summed E-state index contributed by atoms with van der Waals surface area (Å²) in [5, 5.41) is 28.4. The number of hydrogen-bond acceptors (Lipinski definition) is 8. The van der Waals surface area contributed by atoms with E-state index in [4.69, 9.17) is 15.6 Å². The second-order valence-corrected chi connectivity index (χ2v) is 4.74. The zero-order valence-corrected chi connectivity index (χ0v) is 11.4. The Balaban J connectivity index is 2.57. The van der Waals surface area contributed by atoms with Gasteiger partial charge in [-0.3, -0.25) is 14.3 Å². The van der Waals surface area contributed by atoms with Crippen molar-refractivity contribution in [1.82, 2.24) is 19.5 Å². The number of rotatable bonds is 6. The minimum Gasteiger partial charge on any atom is -0.394 e. The molecule has 0 saturated heterocycles. The number of nitrogens with zero attached hydrogens (tertiary/aromatic N) is 3. The molecule has 2 rings (SSSR count). The number of aliphatic hydroxyl groups excluding tert-OH is 2. The van der Waals surface area contributed by atoms with Crippen molar-refractivity contribution >= 4 is 17.1 Å². The number of nitrogens with one attached hydrogen (secondary N) is 1. The van der Waals surface area contributed by atoms with Crippen LogP contribution in [-0.4, -0.2) is 60.3 Å². The minimum atomic E-state index is -1.68. The summed E-state index contributed by atoms with van der Waals surface area (Å²) >= 11 is 0. The van der Waals surface area contributed by atoms with Crippen LogP contribution in [0.15, 0.2) is 11.1 Å². The molecule has 6 N–H and O–H groups in total. The van der Waals surface area contributed by atoms with Crippen LogP contribution in [0.2, 0.25) is 0 Å². The Bertz CT molecular complexity index is 679. The molecule has 2 heterocycles. The van der Waals surface area contributed by atoms with Crippen LogP contribution in [0.1, 0.15) is 13.2 Å². The molecule has 0 bridgehead atoms. The summed E-state index contributed by atoms with van der Waals surface area (Å²) in [7, 11) is 0. The van der Waals surface area contributed by atoms with Gasteiger partial charge in [-0.05, 0) is 6.92 Å². The van der Waals surface area contributed by atoms with Crippen LogP contribution in [0.3, 0.4) is 0 Å². The average Bonchev–Trinajstić information content (AvgIpc) is 2.83. The maximum Gasteiger partial charge on any atom is 0.280 e. The molecule has 0 amide bonds. The number of fused-ring (bicyclic) bond motifs is 1. The highest BCUT2D eigenvalue weighted by molar-refractivity contribution is 5.70. The summed E-state index contributed by atoms with van der Waals surface area (Å²) in [6, 6.07) is 0. The third-order valence-electron chi connectivity index (χ3n) is 2.92. The third-order valence-corrected chi connectivity index (χ3v) is 2.92. The largest absolute Gasteiger partial charge is 0.394 e. The quantitative estimate of drug-likeness (QED) is 0.407. The van der Waals surface area contributed by atoms with E-state index in [0.717, 1.165) is 0 Å². The number of nitrogen functional groups attached to an aromatic ring is 1.